The standard InChI is InChI=1S/C20H34FN5/c1-4-13-26-15-10-17(11-16-26)24-20(22-2)23-12-7-14-25(3)19-9-6-5-8-18(19)21/h5-6,8-9,17H,4,7,10-16H2,1-3H3,(H2,22,23,24). The van der Waals surface area contributed by atoms with Gasteiger partial charge in [-0.05, 0) is 44.4 Å². The summed E-state index contributed by atoms with van der Waals surface area (Å²) < 4.78 is 13.8. The van der Waals surface area contributed by atoms with Crippen LogP contribution in [-0.4, -0.2) is 63.7 Å². The zero-order valence-corrected chi connectivity index (χ0v) is 16.5. The lowest BCUT2D eigenvalue weighted by atomic mass is 10.1. The second kappa shape index (κ2) is 11.0. The number of nitrogens with zero attached hydrogens (tertiary/aromatic N) is 3. The summed E-state index contributed by atoms with van der Waals surface area (Å²) in [7, 11) is 3.74. The van der Waals surface area contributed by atoms with E-state index in [2.05, 4.69) is 27.4 Å². The largest absolute Gasteiger partial charge is 0.372 e. The van der Waals surface area contributed by atoms with Crippen molar-refractivity contribution in [2.24, 2.45) is 4.99 Å². The van der Waals surface area contributed by atoms with Crippen LogP contribution in [0.3, 0.4) is 0 Å². The van der Waals surface area contributed by atoms with Crippen LogP contribution in [0.15, 0.2) is 29.3 Å². The minimum Gasteiger partial charge on any atom is -0.372 e. The molecule has 1 aliphatic rings. The monoisotopic (exact) mass is 363 g/mol. The van der Waals surface area contributed by atoms with E-state index < -0.39 is 0 Å². The molecule has 1 heterocycles. The summed E-state index contributed by atoms with van der Waals surface area (Å²) in [5.41, 5.74) is 0.647. The van der Waals surface area contributed by atoms with Gasteiger partial charge < -0.3 is 20.4 Å². The topological polar surface area (TPSA) is 42.9 Å². The predicted octanol–water partition coefficient (Wildman–Crippen LogP) is 2.69. The van der Waals surface area contributed by atoms with Crippen LogP contribution in [0.5, 0.6) is 0 Å². The summed E-state index contributed by atoms with van der Waals surface area (Å²) >= 11 is 0. The number of anilines is 1. The highest BCUT2D eigenvalue weighted by Crippen LogP contribution is 2.16. The second-order valence-corrected chi connectivity index (χ2v) is 6.99. The summed E-state index contributed by atoms with van der Waals surface area (Å²) in [5.74, 6) is 0.697. The Morgan fingerprint density at radius 2 is 2.04 bits per heavy atom. The number of hydrogen-bond acceptors (Lipinski definition) is 3. The Bertz CT molecular complexity index is 555. The molecular weight excluding hydrogens is 329 g/mol. The molecule has 1 fully saturated rings. The molecule has 1 aliphatic heterocycles. The Hall–Kier alpha value is -1.82. The van der Waals surface area contributed by atoms with Gasteiger partial charge in [-0.3, -0.25) is 4.99 Å². The average Bonchev–Trinajstić information content (AvgIpc) is 2.66. The van der Waals surface area contributed by atoms with Gasteiger partial charge >= 0.3 is 0 Å². The molecule has 0 bridgehead atoms. The second-order valence-electron chi connectivity index (χ2n) is 6.99. The summed E-state index contributed by atoms with van der Waals surface area (Å²) in [6.45, 7) is 7.37. The van der Waals surface area contributed by atoms with E-state index in [1.807, 2.05) is 31.1 Å². The van der Waals surface area contributed by atoms with Crippen LogP contribution in [0.2, 0.25) is 0 Å². The number of aliphatic imine (C=N–C) groups is 1. The van der Waals surface area contributed by atoms with Crippen molar-refractivity contribution in [3.05, 3.63) is 30.1 Å². The fourth-order valence-electron chi connectivity index (χ4n) is 3.41. The van der Waals surface area contributed by atoms with Crippen molar-refractivity contribution in [1.29, 1.82) is 0 Å². The van der Waals surface area contributed by atoms with E-state index in [1.165, 1.54) is 19.0 Å². The van der Waals surface area contributed by atoms with Gasteiger partial charge in [-0.2, -0.15) is 0 Å². The van der Waals surface area contributed by atoms with Crippen LogP contribution in [0.1, 0.15) is 32.6 Å². The molecule has 0 amide bonds. The first kappa shape index (κ1) is 20.5. The van der Waals surface area contributed by atoms with Gasteiger partial charge in [-0.1, -0.05) is 19.1 Å². The molecule has 6 heteroatoms. The molecule has 0 radical (unpaired) electrons. The maximum absolute atomic E-state index is 13.8. The predicted molar refractivity (Wildman–Crippen MR) is 109 cm³/mol. The minimum atomic E-state index is -0.171. The van der Waals surface area contributed by atoms with Gasteiger partial charge in [-0.15, -0.1) is 0 Å². The van der Waals surface area contributed by atoms with Crippen molar-refractivity contribution in [3.63, 3.8) is 0 Å². The fourth-order valence-corrected chi connectivity index (χ4v) is 3.41. The molecule has 146 valence electrons. The van der Waals surface area contributed by atoms with Crippen LogP contribution in [0.25, 0.3) is 0 Å². The van der Waals surface area contributed by atoms with Gasteiger partial charge in [-0.25, -0.2) is 4.39 Å². The molecule has 1 aromatic rings. The molecule has 2 rings (SSSR count). The van der Waals surface area contributed by atoms with E-state index in [0.717, 1.165) is 51.4 Å². The Kier molecular flexibility index (Phi) is 8.68. The van der Waals surface area contributed by atoms with E-state index in [9.17, 15) is 4.39 Å². The first-order valence-electron chi connectivity index (χ1n) is 9.79. The quantitative estimate of drug-likeness (QED) is 0.423. The van der Waals surface area contributed by atoms with Gasteiger partial charge in [0, 0.05) is 46.3 Å². The van der Waals surface area contributed by atoms with Gasteiger partial charge in [0.2, 0.25) is 0 Å². The van der Waals surface area contributed by atoms with Crippen LogP contribution < -0.4 is 15.5 Å². The van der Waals surface area contributed by atoms with E-state index in [1.54, 1.807) is 6.07 Å². The van der Waals surface area contributed by atoms with Crippen molar-refractivity contribution in [2.45, 2.75) is 38.6 Å². The van der Waals surface area contributed by atoms with Crippen molar-refractivity contribution in [2.75, 3.05) is 51.7 Å². The zero-order valence-electron chi connectivity index (χ0n) is 16.5. The first-order valence-corrected chi connectivity index (χ1v) is 9.79. The van der Waals surface area contributed by atoms with Gasteiger partial charge in [0.15, 0.2) is 5.96 Å². The van der Waals surface area contributed by atoms with Crippen LogP contribution >= 0.6 is 0 Å². The Morgan fingerprint density at radius 1 is 1.31 bits per heavy atom. The maximum Gasteiger partial charge on any atom is 0.191 e. The number of piperidine rings is 1. The number of likely N-dealkylation sites (tertiary alicyclic amines) is 1. The van der Waals surface area contributed by atoms with Crippen LogP contribution in [-0.2, 0) is 0 Å². The number of para-hydroxylation sites is 1. The Morgan fingerprint density at radius 3 is 2.69 bits per heavy atom. The van der Waals surface area contributed by atoms with Gasteiger partial charge in [0.1, 0.15) is 5.82 Å². The molecule has 26 heavy (non-hydrogen) atoms. The third kappa shape index (κ3) is 6.48. The highest BCUT2D eigenvalue weighted by Gasteiger charge is 2.19. The molecule has 0 unspecified atom stereocenters. The number of hydrogen-bond donors (Lipinski definition) is 2. The molecule has 2 N–H and O–H groups in total. The van der Waals surface area contributed by atoms with Crippen LogP contribution in [0.4, 0.5) is 10.1 Å². The molecule has 0 saturated carbocycles. The zero-order chi connectivity index (χ0) is 18.8. The number of guanidine groups is 1. The van der Waals surface area contributed by atoms with Crippen LogP contribution in [0, 0.1) is 5.82 Å². The summed E-state index contributed by atoms with van der Waals surface area (Å²) in [5, 5.41) is 6.92. The van der Waals surface area contributed by atoms with E-state index in [0.29, 0.717) is 11.7 Å². The lowest BCUT2D eigenvalue weighted by molar-refractivity contribution is 0.206. The van der Waals surface area contributed by atoms with Gasteiger partial charge in [0.05, 0.1) is 5.69 Å². The van der Waals surface area contributed by atoms with E-state index in [4.69, 9.17) is 0 Å². The highest BCUT2D eigenvalue weighted by molar-refractivity contribution is 5.79. The summed E-state index contributed by atoms with van der Waals surface area (Å²) in [4.78, 5) is 8.82. The Balaban J connectivity index is 1.65. The van der Waals surface area contributed by atoms with Crippen molar-refractivity contribution in [3.8, 4) is 0 Å². The first-order chi connectivity index (χ1) is 12.6. The van der Waals surface area contributed by atoms with Gasteiger partial charge in [0.25, 0.3) is 0 Å². The number of rotatable bonds is 8. The van der Waals surface area contributed by atoms with E-state index >= 15 is 0 Å². The number of nitrogens with one attached hydrogen (secondary N) is 2. The van der Waals surface area contributed by atoms with Crippen molar-refractivity contribution >= 4 is 11.6 Å². The molecule has 0 aromatic heterocycles. The lowest BCUT2D eigenvalue weighted by Crippen LogP contribution is -2.49. The molecule has 0 aliphatic carbocycles. The summed E-state index contributed by atoms with van der Waals surface area (Å²) in [6.07, 6.45) is 4.47. The molecule has 0 spiro atoms. The fraction of sp³-hybridized carbons (Fsp3) is 0.650. The summed E-state index contributed by atoms with van der Waals surface area (Å²) in [6, 6.07) is 7.40. The molecular formula is C20H34FN5. The average molecular weight is 364 g/mol. The smallest absolute Gasteiger partial charge is 0.191 e. The minimum absolute atomic E-state index is 0.171. The SMILES string of the molecule is CCCN1CCC(NC(=NC)NCCCN(C)c2ccccc2F)CC1. The van der Waals surface area contributed by atoms with Crippen molar-refractivity contribution < 1.29 is 4.39 Å². The van der Waals surface area contributed by atoms with E-state index in [-0.39, 0.29) is 5.82 Å². The number of benzene rings is 1. The normalized spacial score (nSPS) is 16.5. The molecule has 0 atom stereocenters. The molecule has 5 nitrogen and oxygen atoms in total. The lowest BCUT2D eigenvalue weighted by Gasteiger charge is -2.32. The Labute approximate surface area is 157 Å². The van der Waals surface area contributed by atoms with Crippen molar-refractivity contribution in [1.82, 2.24) is 15.5 Å². The number of halogens is 1. The molecule has 1 saturated heterocycles. The molecule has 1 aromatic carbocycles. The third-order valence-electron chi connectivity index (χ3n) is 4.92. The third-order valence-corrected chi connectivity index (χ3v) is 4.92. The maximum atomic E-state index is 13.8. The highest BCUT2D eigenvalue weighted by atomic mass is 19.1.